The molecule has 8 nitrogen and oxygen atoms in total. The Kier molecular flexibility index (Phi) is 6.17. The summed E-state index contributed by atoms with van der Waals surface area (Å²) >= 11 is 0. The fourth-order valence-electron chi connectivity index (χ4n) is 3.28. The number of methoxy groups -OCH3 is 1. The fourth-order valence-corrected chi connectivity index (χ4v) is 3.28. The molecule has 0 radical (unpaired) electrons. The highest BCUT2D eigenvalue weighted by atomic mass is 16.5. The molecule has 0 saturated heterocycles. The van der Waals surface area contributed by atoms with Gasteiger partial charge in [-0.2, -0.15) is 0 Å². The maximum Gasteiger partial charge on any atom is 0.282 e. The van der Waals surface area contributed by atoms with Gasteiger partial charge in [0.05, 0.1) is 25.0 Å². The van der Waals surface area contributed by atoms with Crippen molar-refractivity contribution in [2.45, 2.75) is 6.92 Å². The number of nitrogens with zero attached hydrogens (tertiary/aromatic N) is 2. The molecule has 1 aliphatic rings. The number of hydrogen-bond donors (Lipinski definition) is 2. The Morgan fingerprint density at radius 1 is 1.07 bits per heavy atom. The van der Waals surface area contributed by atoms with Crippen molar-refractivity contribution in [3.05, 3.63) is 59.8 Å². The molecule has 0 spiro atoms. The summed E-state index contributed by atoms with van der Waals surface area (Å²) in [5.41, 5.74) is 1.99. The number of carbonyl (C=O) groups excluding carboxylic acids is 3. The molecular formula is C22H23N3O5. The summed E-state index contributed by atoms with van der Waals surface area (Å²) in [4.78, 5) is 40.4. The van der Waals surface area contributed by atoms with Crippen LogP contribution in [0.15, 0.2) is 54.2 Å². The van der Waals surface area contributed by atoms with Gasteiger partial charge < -0.3 is 20.1 Å². The van der Waals surface area contributed by atoms with Gasteiger partial charge in [-0.1, -0.05) is 12.1 Å². The first-order valence-electron chi connectivity index (χ1n) is 9.34. The van der Waals surface area contributed by atoms with E-state index in [0.717, 1.165) is 4.90 Å². The average Bonchev–Trinajstić information content (AvgIpc) is 2.99. The normalized spacial score (nSPS) is 13.7. The van der Waals surface area contributed by atoms with Crippen molar-refractivity contribution in [2.75, 3.05) is 37.5 Å². The topological polar surface area (TPSA) is 99.2 Å². The molecule has 0 saturated carbocycles. The Hall–Kier alpha value is -3.65. The third-order valence-corrected chi connectivity index (χ3v) is 4.70. The van der Waals surface area contributed by atoms with Gasteiger partial charge in [-0.15, -0.1) is 0 Å². The molecule has 2 aromatic rings. The van der Waals surface area contributed by atoms with Gasteiger partial charge in [-0.05, 0) is 42.0 Å². The van der Waals surface area contributed by atoms with Gasteiger partial charge in [-0.25, -0.2) is 4.90 Å². The Balaban J connectivity index is 2.02. The molecule has 0 atom stereocenters. The number of imide groups is 1. The van der Waals surface area contributed by atoms with E-state index >= 15 is 0 Å². The van der Waals surface area contributed by atoms with Crippen LogP contribution in [0.25, 0.3) is 5.57 Å². The van der Waals surface area contributed by atoms with E-state index in [9.17, 15) is 19.5 Å². The lowest BCUT2D eigenvalue weighted by molar-refractivity contribution is -0.120. The van der Waals surface area contributed by atoms with Crippen LogP contribution in [-0.2, 0) is 14.4 Å². The van der Waals surface area contributed by atoms with Gasteiger partial charge in [0, 0.05) is 26.2 Å². The summed E-state index contributed by atoms with van der Waals surface area (Å²) in [5.74, 6) is -0.523. The molecule has 1 aliphatic heterocycles. The number of likely N-dealkylation sites (N-methyl/N-ethyl adjacent to an activating group) is 1. The molecule has 3 amide bonds. The van der Waals surface area contributed by atoms with E-state index in [2.05, 4.69) is 5.32 Å². The number of aliphatic hydroxyl groups excluding tert-OH is 1. The van der Waals surface area contributed by atoms with Crippen LogP contribution in [0.4, 0.5) is 11.4 Å². The lowest BCUT2D eigenvalue weighted by Crippen LogP contribution is -2.34. The molecule has 156 valence electrons. The fraction of sp³-hybridized carbons (Fsp3) is 0.227. The number of aliphatic hydroxyl groups is 1. The van der Waals surface area contributed by atoms with Crippen LogP contribution in [0.1, 0.15) is 12.5 Å². The van der Waals surface area contributed by atoms with Crippen LogP contribution in [0.2, 0.25) is 0 Å². The van der Waals surface area contributed by atoms with Crippen LogP contribution < -0.4 is 15.0 Å². The summed E-state index contributed by atoms with van der Waals surface area (Å²) in [5, 5.41) is 12.0. The molecule has 3 rings (SSSR count). The zero-order valence-corrected chi connectivity index (χ0v) is 17.0. The van der Waals surface area contributed by atoms with Gasteiger partial charge in [-0.3, -0.25) is 14.4 Å². The number of nitrogens with one attached hydrogen (secondary N) is 1. The minimum absolute atomic E-state index is 0.164. The number of amides is 3. The number of benzene rings is 2. The molecule has 0 unspecified atom stereocenters. The van der Waals surface area contributed by atoms with Crippen LogP contribution in [-0.4, -0.2) is 55.0 Å². The molecule has 30 heavy (non-hydrogen) atoms. The largest absolute Gasteiger partial charge is 0.497 e. The van der Waals surface area contributed by atoms with E-state index in [1.54, 1.807) is 67.6 Å². The SMILES string of the molecule is COc1ccc(C2=C(N(C)CCO)C(=O)N(c3ccc(NC(C)=O)cc3)C2=O)cc1. The number of anilines is 2. The second kappa shape index (κ2) is 8.79. The summed E-state index contributed by atoms with van der Waals surface area (Å²) in [6.07, 6.45) is 0. The molecule has 8 heteroatoms. The highest BCUT2D eigenvalue weighted by Crippen LogP contribution is 2.35. The first-order chi connectivity index (χ1) is 14.4. The minimum atomic E-state index is -0.478. The van der Waals surface area contributed by atoms with E-state index in [0.29, 0.717) is 22.7 Å². The Morgan fingerprint density at radius 2 is 1.70 bits per heavy atom. The van der Waals surface area contributed by atoms with Crippen LogP contribution in [0.5, 0.6) is 5.75 Å². The summed E-state index contributed by atoms with van der Waals surface area (Å²) in [7, 11) is 3.20. The monoisotopic (exact) mass is 409 g/mol. The number of ether oxygens (including phenoxy) is 1. The maximum absolute atomic E-state index is 13.3. The lowest BCUT2D eigenvalue weighted by atomic mass is 10.0. The first kappa shape index (κ1) is 21.1. The average molecular weight is 409 g/mol. The van der Waals surface area contributed by atoms with Crippen molar-refractivity contribution < 1.29 is 24.2 Å². The van der Waals surface area contributed by atoms with Gasteiger partial charge in [0.25, 0.3) is 11.8 Å². The molecule has 0 bridgehead atoms. The number of hydrogen-bond acceptors (Lipinski definition) is 6. The minimum Gasteiger partial charge on any atom is -0.497 e. The summed E-state index contributed by atoms with van der Waals surface area (Å²) < 4.78 is 5.17. The third-order valence-electron chi connectivity index (χ3n) is 4.70. The molecule has 0 aliphatic carbocycles. The molecule has 1 heterocycles. The molecular weight excluding hydrogens is 386 g/mol. The zero-order valence-electron chi connectivity index (χ0n) is 17.0. The van der Waals surface area contributed by atoms with Crippen molar-refractivity contribution >= 4 is 34.7 Å². The molecule has 0 aromatic heterocycles. The van der Waals surface area contributed by atoms with Crippen molar-refractivity contribution in [3.8, 4) is 5.75 Å². The predicted molar refractivity (Wildman–Crippen MR) is 113 cm³/mol. The third kappa shape index (κ3) is 4.04. The van der Waals surface area contributed by atoms with Gasteiger partial charge in [0.15, 0.2) is 0 Å². The molecule has 2 aromatic carbocycles. The number of carbonyl (C=O) groups is 3. The van der Waals surface area contributed by atoms with E-state index in [-0.39, 0.29) is 30.3 Å². The van der Waals surface area contributed by atoms with Crippen LogP contribution in [0.3, 0.4) is 0 Å². The highest BCUT2D eigenvalue weighted by molar-refractivity contribution is 6.45. The van der Waals surface area contributed by atoms with Crippen molar-refractivity contribution in [3.63, 3.8) is 0 Å². The quantitative estimate of drug-likeness (QED) is 0.678. The van der Waals surface area contributed by atoms with Gasteiger partial charge in [0.1, 0.15) is 11.4 Å². The first-order valence-corrected chi connectivity index (χ1v) is 9.34. The number of rotatable bonds is 7. The van der Waals surface area contributed by atoms with E-state index in [1.807, 2.05) is 0 Å². The summed E-state index contributed by atoms with van der Waals surface area (Å²) in [6.45, 7) is 1.43. The van der Waals surface area contributed by atoms with Gasteiger partial charge in [0.2, 0.25) is 5.91 Å². The van der Waals surface area contributed by atoms with Crippen LogP contribution in [0, 0.1) is 0 Å². The maximum atomic E-state index is 13.3. The molecule has 2 N–H and O–H groups in total. The van der Waals surface area contributed by atoms with E-state index < -0.39 is 11.8 Å². The van der Waals surface area contributed by atoms with Crippen molar-refractivity contribution in [1.29, 1.82) is 0 Å². The standard InChI is InChI=1S/C22H23N3O5/c1-14(27)23-16-6-8-17(9-7-16)25-21(28)19(15-4-10-18(30-3)11-5-15)20(22(25)29)24(2)12-13-26/h4-11,26H,12-13H2,1-3H3,(H,23,27). The van der Waals surface area contributed by atoms with E-state index in [1.165, 1.54) is 6.92 Å². The Labute approximate surface area is 174 Å². The summed E-state index contributed by atoms with van der Waals surface area (Å²) in [6, 6.07) is 13.3. The van der Waals surface area contributed by atoms with Crippen molar-refractivity contribution in [2.24, 2.45) is 0 Å². The second-order valence-corrected chi connectivity index (χ2v) is 6.77. The highest BCUT2D eigenvalue weighted by Gasteiger charge is 2.41. The second-order valence-electron chi connectivity index (χ2n) is 6.77. The van der Waals surface area contributed by atoms with Crippen LogP contribution >= 0.6 is 0 Å². The van der Waals surface area contributed by atoms with Gasteiger partial charge >= 0.3 is 0 Å². The predicted octanol–water partition coefficient (Wildman–Crippen LogP) is 1.86. The Bertz CT molecular complexity index is 996. The van der Waals surface area contributed by atoms with E-state index in [4.69, 9.17) is 4.74 Å². The Morgan fingerprint density at radius 3 is 2.23 bits per heavy atom. The zero-order chi connectivity index (χ0) is 21.8. The van der Waals surface area contributed by atoms with Crippen molar-refractivity contribution in [1.82, 2.24) is 4.90 Å². The lowest BCUT2D eigenvalue weighted by Gasteiger charge is -2.20. The smallest absolute Gasteiger partial charge is 0.282 e. The molecule has 0 fully saturated rings.